The van der Waals surface area contributed by atoms with E-state index in [9.17, 15) is 8.42 Å². The molecule has 0 saturated carbocycles. The van der Waals surface area contributed by atoms with Crippen LogP contribution in [0.4, 0.5) is 5.69 Å². The number of rotatable bonds is 3. The second kappa shape index (κ2) is 5.09. The van der Waals surface area contributed by atoms with E-state index in [4.69, 9.17) is 4.52 Å². The number of fused-ring (bicyclic) bond motifs is 2. The van der Waals surface area contributed by atoms with Gasteiger partial charge < -0.3 is 4.52 Å². The standard InChI is InChI=1S/C17H16N2O3S/c1-12-6-7-16-13(10-12)8-9-19(16)23(20,21)11-15-14-4-2-3-5-17(14)22-18-15/h2-7,10H,8-9,11H2,1H3. The van der Waals surface area contributed by atoms with Crippen molar-refractivity contribution in [3.8, 4) is 0 Å². The Morgan fingerprint density at radius 1 is 1.22 bits per heavy atom. The van der Waals surface area contributed by atoms with Crippen LogP contribution >= 0.6 is 0 Å². The third kappa shape index (κ3) is 2.39. The van der Waals surface area contributed by atoms with E-state index in [1.54, 1.807) is 6.07 Å². The maximum atomic E-state index is 12.8. The number of para-hydroxylation sites is 1. The summed E-state index contributed by atoms with van der Waals surface area (Å²) in [4.78, 5) is 0. The highest BCUT2D eigenvalue weighted by molar-refractivity contribution is 7.92. The first-order valence-corrected chi connectivity index (χ1v) is 9.09. The van der Waals surface area contributed by atoms with Gasteiger partial charge in [-0.15, -0.1) is 0 Å². The zero-order valence-corrected chi connectivity index (χ0v) is 13.5. The van der Waals surface area contributed by atoms with E-state index >= 15 is 0 Å². The van der Waals surface area contributed by atoms with Crippen molar-refractivity contribution in [2.24, 2.45) is 0 Å². The molecule has 6 heteroatoms. The summed E-state index contributed by atoms with van der Waals surface area (Å²) in [5, 5.41) is 4.69. The van der Waals surface area contributed by atoms with Crippen molar-refractivity contribution in [3.05, 3.63) is 59.3 Å². The number of aryl methyl sites for hydroxylation is 1. The molecule has 0 fully saturated rings. The first-order chi connectivity index (χ1) is 11.0. The van der Waals surface area contributed by atoms with E-state index in [1.807, 2.05) is 37.3 Å². The molecule has 1 aliphatic heterocycles. The van der Waals surface area contributed by atoms with Crippen LogP contribution in [0.25, 0.3) is 11.0 Å². The molecule has 0 N–H and O–H groups in total. The van der Waals surface area contributed by atoms with Gasteiger partial charge in [-0.05, 0) is 37.1 Å². The van der Waals surface area contributed by atoms with Crippen LogP contribution in [-0.4, -0.2) is 20.1 Å². The zero-order valence-electron chi connectivity index (χ0n) is 12.7. The van der Waals surface area contributed by atoms with Crippen LogP contribution in [0.5, 0.6) is 0 Å². The molecule has 5 nitrogen and oxygen atoms in total. The van der Waals surface area contributed by atoms with Gasteiger partial charge in [0.1, 0.15) is 11.4 Å². The topological polar surface area (TPSA) is 63.4 Å². The number of benzene rings is 2. The highest BCUT2D eigenvalue weighted by atomic mass is 32.2. The Hall–Kier alpha value is -2.34. The first kappa shape index (κ1) is 14.3. The Balaban J connectivity index is 1.70. The summed E-state index contributed by atoms with van der Waals surface area (Å²) in [5.74, 6) is -0.155. The molecule has 118 valence electrons. The minimum absolute atomic E-state index is 0.155. The maximum absolute atomic E-state index is 12.8. The lowest BCUT2D eigenvalue weighted by Crippen LogP contribution is -2.30. The summed E-state index contributed by atoms with van der Waals surface area (Å²) < 4.78 is 32.4. The van der Waals surface area contributed by atoms with Crippen LogP contribution in [0, 0.1) is 6.92 Å². The molecule has 0 saturated heterocycles. The summed E-state index contributed by atoms with van der Waals surface area (Å²) in [6, 6.07) is 13.2. The number of sulfonamides is 1. The molecule has 4 rings (SSSR count). The fourth-order valence-electron chi connectivity index (χ4n) is 3.08. The Bertz CT molecular complexity index is 992. The van der Waals surface area contributed by atoms with Crippen molar-refractivity contribution in [3.63, 3.8) is 0 Å². The lowest BCUT2D eigenvalue weighted by molar-refractivity contribution is 0.448. The fraction of sp³-hybridized carbons (Fsp3) is 0.235. The third-order valence-corrected chi connectivity index (χ3v) is 5.88. The predicted octanol–water partition coefficient (Wildman–Crippen LogP) is 3.03. The molecule has 0 unspecified atom stereocenters. The van der Waals surface area contributed by atoms with Crippen molar-refractivity contribution in [2.45, 2.75) is 19.1 Å². The molecule has 2 heterocycles. The normalized spacial score (nSPS) is 14.4. The van der Waals surface area contributed by atoms with Crippen LogP contribution in [-0.2, 0) is 22.2 Å². The van der Waals surface area contributed by atoms with E-state index in [1.165, 1.54) is 4.31 Å². The molecule has 0 aliphatic carbocycles. The van der Waals surface area contributed by atoms with Crippen LogP contribution < -0.4 is 4.31 Å². The van der Waals surface area contributed by atoms with Gasteiger partial charge in [0.05, 0.1) is 5.69 Å². The molecule has 0 amide bonds. The number of anilines is 1. The molecular weight excluding hydrogens is 312 g/mol. The van der Waals surface area contributed by atoms with Gasteiger partial charge in [0.25, 0.3) is 0 Å². The molecule has 0 atom stereocenters. The summed E-state index contributed by atoms with van der Waals surface area (Å²) in [5.41, 5.74) is 4.07. The SMILES string of the molecule is Cc1ccc2c(c1)CCN2S(=O)(=O)Cc1noc2ccccc12. The maximum Gasteiger partial charge on any atom is 0.241 e. The average Bonchev–Trinajstić information content (AvgIpc) is 3.11. The molecule has 0 bridgehead atoms. The molecule has 23 heavy (non-hydrogen) atoms. The Labute approximate surface area is 134 Å². The third-order valence-electron chi connectivity index (χ3n) is 4.19. The Morgan fingerprint density at radius 3 is 2.91 bits per heavy atom. The van der Waals surface area contributed by atoms with Crippen molar-refractivity contribution in [2.75, 3.05) is 10.8 Å². The summed E-state index contributed by atoms with van der Waals surface area (Å²) in [6.07, 6.45) is 0.746. The van der Waals surface area contributed by atoms with Gasteiger partial charge in [0, 0.05) is 11.9 Å². The smallest absolute Gasteiger partial charge is 0.241 e. The summed E-state index contributed by atoms with van der Waals surface area (Å²) in [6.45, 7) is 2.50. The van der Waals surface area contributed by atoms with Gasteiger partial charge >= 0.3 is 0 Å². The van der Waals surface area contributed by atoms with Crippen LogP contribution in [0.2, 0.25) is 0 Å². The van der Waals surface area contributed by atoms with Crippen molar-refractivity contribution in [1.29, 1.82) is 0 Å². The molecule has 1 aliphatic rings. The van der Waals surface area contributed by atoms with Gasteiger partial charge in [-0.1, -0.05) is 35.0 Å². The number of hydrogen-bond acceptors (Lipinski definition) is 4. The summed E-state index contributed by atoms with van der Waals surface area (Å²) >= 11 is 0. The quantitative estimate of drug-likeness (QED) is 0.741. The molecule has 1 aromatic heterocycles. The van der Waals surface area contributed by atoms with E-state index < -0.39 is 10.0 Å². The van der Waals surface area contributed by atoms with Gasteiger partial charge in [-0.2, -0.15) is 0 Å². The number of aromatic nitrogens is 1. The molecule has 2 aromatic carbocycles. The van der Waals surface area contributed by atoms with Gasteiger partial charge in [-0.3, -0.25) is 4.31 Å². The monoisotopic (exact) mass is 328 g/mol. The fourth-order valence-corrected chi connectivity index (χ4v) is 4.64. The van der Waals surface area contributed by atoms with Crippen LogP contribution in [0.1, 0.15) is 16.8 Å². The van der Waals surface area contributed by atoms with E-state index in [0.717, 1.165) is 28.6 Å². The highest BCUT2D eigenvalue weighted by Crippen LogP contribution is 2.32. The molecular formula is C17H16N2O3S. The Morgan fingerprint density at radius 2 is 2.04 bits per heavy atom. The number of nitrogens with zero attached hydrogens (tertiary/aromatic N) is 2. The first-order valence-electron chi connectivity index (χ1n) is 7.48. The molecule has 0 radical (unpaired) electrons. The lowest BCUT2D eigenvalue weighted by atomic mass is 10.1. The Kier molecular flexibility index (Phi) is 3.16. The minimum atomic E-state index is -3.49. The van der Waals surface area contributed by atoms with Gasteiger partial charge in [-0.25, -0.2) is 8.42 Å². The van der Waals surface area contributed by atoms with Gasteiger partial charge in [0.2, 0.25) is 10.0 Å². The van der Waals surface area contributed by atoms with Gasteiger partial charge in [0.15, 0.2) is 5.58 Å². The van der Waals surface area contributed by atoms with E-state index in [2.05, 4.69) is 11.2 Å². The second-order valence-corrected chi connectivity index (χ2v) is 7.73. The molecule has 0 spiro atoms. The van der Waals surface area contributed by atoms with Crippen LogP contribution in [0.3, 0.4) is 0 Å². The number of hydrogen-bond donors (Lipinski definition) is 0. The largest absolute Gasteiger partial charge is 0.356 e. The van der Waals surface area contributed by atoms with Crippen molar-refractivity contribution in [1.82, 2.24) is 5.16 Å². The van der Waals surface area contributed by atoms with Crippen molar-refractivity contribution < 1.29 is 12.9 Å². The predicted molar refractivity (Wildman–Crippen MR) is 88.9 cm³/mol. The second-order valence-electron chi connectivity index (χ2n) is 5.84. The van der Waals surface area contributed by atoms with E-state index in [0.29, 0.717) is 17.8 Å². The van der Waals surface area contributed by atoms with Crippen LogP contribution in [0.15, 0.2) is 47.0 Å². The summed E-state index contributed by atoms with van der Waals surface area (Å²) in [7, 11) is -3.49. The zero-order chi connectivity index (χ0) is 16.0. The van der Waals surface area contributed by atoms with E-state index in [-0.39, 0.29) is 5.75 Å². The average molecular weight is 328 g/mol. The lowest BCUT2D eigenvalue weighted by Gasteiger charge is -2.19. The minimum Gasteiger partial charge on any atom is -0.356 e. The highest BCUT2D eigenvalue weighted by Gasteiger charge is 2.30. The van der Waals surface area contributed by atoms with Crippen molar-refractivity contribution >= 4 is 26.7 Å². The molecule has 3 aromatic rings.